The van der Waals surface area contributed by atoms with E-state index in [1.807, 2.05) is 0 Å². The molecule has 1 saturated carbocycles. The third kappa shape index (κ3) is 4.71. The number of benzene rings is 1. The SMILES string of the molecule is CCO/C=C(\C(=O)c1ccc(S(=O)(=O)CC)c(OCC)c1Cl)C(=O)C1CC1. The number of sulfone groups is 1. The molecule has 0 N–H and O–H groups in total. The Morgan fingerprint density at radius 2 is 1.85 bits per heavy atom. The van der Waals surface area contributed by atoms with Crippen LogP contribution in [-0.2, 0) is 19.4 Å². The first kappa shape index (κ1) is 21.4. The zero-order valence-corrected chi connectivity index (χ0v) is 17.2. The molecule has 1 aliphatic carbocycles. The minimum Gasteiger partial charge on any atom is -0.501 e. The Labute approximate surface area is 164 Å². The van der Waals surface area contributed by atoms with E-state index in [-0.39, 0.29) is 50.9 Å². The average Bonchev–Trinajstić information content (AvgIpc) is 3.48. The van der Waals surface area contributed by atoms with Gasteiger partial charge in [-0.1, -0.05) is 18.5 Å². The molecule has 0 bridgehead atoms. The van der Waals surface area contributed by atoms with Crippen LogP contribution in [0, 0.1) is 5.92 Å². The van der Waals surface area contributed by atoms with Crippen LogP contribution in [0.2, 0.25) is 5.02 Å². The Balaban J connectivity index is 2.54. The molecule has 1 aliphatic rings. The molecule has 6 nitrogen and oxygen atoms in total. The Morgan fingerprint density at radius 1 is 1.19 bits per heavy atom. The van der Waals surface area contributed by atoms with E-state index in [1.165, 1.54) is 19.1 Å². The Bertz CT molecular complexity index is 868. The van der Waals surface area contributed by atoms with Crippen molar-refractivity contribution in [2.45, 2.75) is 38.5 Å². The lowest BCUT2D eigenvalue weighted by Gasteiger charge is -2.15. The second-order valence-corrected chi connectivity index (χ2v) is 8.67. The summed E-state index contributed by atoms with van der Waals surface area (Å²) in [5.41, 5.74) is -0.0788. The molecule has 0 atom stereocenters. The van der Waals surface area contributed by atoms with E-state index < -0.39 is 15.6 Å². The van der Waals surface area contributed by atoms with Gasteiger partial charge in [-0.15, -0.1) is 0 Å². The molecule has 2 rings (SSSR count). The summed E-state index contributed by atoms with van der Waals surface area (Å²) in [4.78, 5) is 25.4. The molecule has 1 fully saturated rings. The van der Waals surface area contributed by atoms with Gasteiger partial charge in [0.1, 0.15) is 10.5 Å². The molecule has 0 heterocycles. The highest BCUT2D eigenvalue weighted by Gasteiger charge is 2.36. The summed E-state index contributed by atoms with van der Waals surface area (Å²) < 4.78 is 35.2. The highest BCUT2D eigenvalue weighted by molar-refractivity contribution is 7.91. The number of hydrogen-bond donors (Lipinski definition) is 0. The first-order chi connectivity index (χ1) is 12.8. The van der Waals surface area contributed by atoms with E-state index in [9.17, 15) is 18.0 Å². The summed E-state index contributed by atoms with van der Waals surface area (Å²) in [6.07, 6.45) is 2.64. The zero-order chi connectivity index (χ0) is 20.2. The maximum Gasteiger partial charge on any atom is 0.201 e. The van der Waals surface area contributed by atoms with Crippen molar-refractivity contribution in [3.63, 3.8) is 0 Å². The molecular weight excluding hydrogens is 392 g/mol. The van der Waals surface area contributed by atoms with Crippen molar-refractivity contribution in [3.05, 3.63) is 34.6 Å². The normalized spacial score (nSPS) is 14.7. The predicted octanol–water partition coefficient (Wildman–Crippen LogP) is 3.61. The summed E-state index contributed by atoms with van der Waals surface area (Å²) in [5.74, 6) is -1.27. The second kappa shape index (κ2) is 8.89. The fourth-order valence-corrected chi connectivity index (χ4v) is 3.88. The second-order valence-electron chi connectivity index (χ2n) is 6.05. The van der Waals surface area contributed by atoms with Crippen LogP contribution in [-0.4, -0.2) is 39.0 Å². The van der Waals surface area contributed by atoms with Crippen molar-refractivity contribution in [1.29, 1.82) is 0 Å². The van der Waals surface area contributed by atoms with Gasteiger partial charge < -0.3 is 9.47 Å². The Hall–Kier alpha value is -1.86. The number of carbonyl (C=O) groups excluding carboxylic acids is 2. The predicted molar refractivity (Wildman–Crippen MR) is 102 cm³/mol. The molecule has 0 saturated heterocycles. The monoisotopic (exact) mass is 414 g/mol. The molecule has 0 aliphatic heterocycles. The number of allylic oxidation sites excluding steroid dienone is 1. The lowest BCUT2D eigenvalue weighted by molar-refractivity contribution is -0.116. The molecule has 0 radical (unpaired) electrons. The van der Waals surface area contributed by atoms with Crippen molar-refractivity contribution in [1.82, 2.24) is 0 Å². The number of Topliss-reactive ketones (excluding diaryl/α,β-unsaturated/α-hetero) is 2. The van der Waals surface area contributed by atoms with E-state index in [0.29, 0.717) is 6.61 Å². The van der Waals surface area contributed by atoms with Crippen molar-refractivity contribution in [2.75, 3.05) is 19.0 Å². The quantitative estimate of drug-likeness (QED) is 0.191. The number of rotatable bonds is 10. The van der Waals surface area contributed by atoms with Crippen molar-refractivity contribution < 1.29 is 27.5 Å². The molecule has 27 heavy (non-hydrogen) atoms. The molecule has 0 unspecified atom stereocenters. The summed E-state index contributed by atoms with van der Waals surface area (Å²) >= 11 is 6.34. The van der Waals surface area contributed by atoms with Crippen LogP contribution in [0.4, 0.5) is 0 Å². The molecule has 8 heteroatoms. The number of ether oxygens (including phenoxy) is 2. The standard InChI is InChI=1S/C19H23ClO6S/c1-4-25-11-14(17(21)12-7-8-12)18(22)13-9-10-15(27(23,24)6-3)19(16(13)20)26-5-2/h9-12H,4-8H2,1-3H3/b14-11-. The summed E-state index contributed by atoms with van der Waals surface area (Å²) in [6.45, 7) is 5.41. The number of halogens is 1. The van der Waals surface area contributed by atoms with Crippen LogP contribution < -0.4 is 4.74 Å². The zero-order valence-electron chi connectivity index (χ0n) is 15.6. The van der Waals surface area contributed by atoms with Gasteiger partial charge in [0.2, 0.25) is 5.78 Å². The first-order valence-electron chi connectivity index (χ1n) is 8.87. The summed E-state index contributed by atoms with van der Waals surface area (Å²) in [6, 6.07) is 2.61. The van der Waals surface area contributed by atoms with Crippen LogP contribution in [0.3, 0.4) is 0 Å². The van der Waals surface area contributed by atoms with E-state index in [4.69, 9.17) is 21.1 Å². The molecule has 1 aromatic carbocycles. The molecule has 0 aromatic heterocycles. The third-order valence-corrected chi connectivity index (χ3v) is 6.26. The van der Waals surface area contributed by atoms with E-state index in [0.717, 1.165) is 19.1 Å². The van der Waals surface area contributed by atoms with Crippen molar-refractivity contribution in [3.8, 4) is 5.75 Å². The molecule has 0 amide bonds. The summed E-state index contributed by atoms with van der Waals surface area (Å²) in [5, 5.41) is -0.123. The van der Waals surface area contributed by atoms with Crippen LogP contribution >= 0.6 is 11.6 Å². The van der Waals surface area contributed by atoms with Crippen molar-refractivity contribution >= 4 is 33.0 Å². The maximum absolute atomic E-state index is 13.0. The highest BCUT2D eigenvalue weighted by Crippen LogP contribution is 2.38. The Kier molecular flexibility index (Phi) is 7.06. The van der Waals surface area contributed by atoms with Gasteiger partial charge in [-0.25, -0.2) is 8.42 Å². The molecule has 0 spiro atoms. The number of hydrogen-bond acceptors (Lipinski definition) is 6. The minimum atomic E-state index is -3.60. The first-order valence-corrected chi connectivity index (χ1v) is 10.9. The Morgan fingerprint density at radius 3 is 2.37 bits per heavy atom. The van der Waals surface area contributed by atoms with Gasteiger partial charge >= 0.3 is 0 Å². The molecule has 1 aromatic rings. The van der Waals surface area contributed by atoms with Gasteiger partial charge in [0, 0.05) is 11.5 Å². The fraction of sp³-hybridized carbons (Fsp3) is 0.474. The van der Waals surface area contributed by atoms with Crippen molar-refractivity contribution in [2.24, 2.45) is 5.92 Å². The van der Waals surface area contributed by atoms with Gasteiger partial charge in [0.05, 0.1) is 30.3 Å². The van der Waals surface area contributed by atoms with Crippen LogP contribution in [0.15, 0.2) is 28.9 Å². The number of ketones is 2. The molecular formula is C19H23ClO6S. The topological polar surface area (TPSA) is 86.7 Å². The van der Waals surface area contributed by atoms with Gasteiger partial charge in [0.25, 0.3) is 0 Å². The maximum atomic E-state index is 13.0. The smallest absolute Gasteiger partial charge is 0.201 e. The van der Waals surface area contributed by atoms with Gasteiger partial charge in [-0.3, -0.25) is 9.59 Å². The highest BCUT2D eigenvalue weighted by atomic mass is 35.5. The van der Waals surface area contributed by atoms with E-state index in [2.05, 4.69) is 0 Å². The lowest BCUT2D eigenvalue weighted by Crippen LogP contribution is -2.17. The van der Waals surface area contributed by atoms with E-state index in [1.54, 1.807) is 13.8 Å². The fourth-order valence-electron chi connectivity index (χ4n) is 2.49. The summed E-state index contributed by atoms with van der Waals surface area (Å²) in [7, 11) is -3.60. The van der Waals surface area contributed by atoms with Gasteiger partial charge in [-0.05, 0) is 38.8 Å². The molecule has 148 valence electrons. The van der Waals surface area contributed by atoms with Crippen LogP contribution in [0.25, 0.3) is 0 Å². The van der Waals surface area contributed by atoms with Crippen LogP contribution in [0.5, 0.6) is 5.75 Å². The average molecular weight is 415 g/mol. The minimum absolute atomic E-state index is 0.00937. The van der Waals surface area contributed by atoms with Crippen LogP contribution in [0.1, 0.15) is 44.0 Å². The number of carbonyl (C=O) groups is 2. The van der Waals surface area contributed by atoms with E-state index >= 15 is 0 Å². The lowest BCUT2D eigenvalue weighted by atomic mass is 9.98. The van der Waals surface area contributed by atoms with Gasteiger partial charge in [0.15, 0.2) is 21.4 Å². The van der Waals surface area contributed by atoms with Gasteiger partial charge in [-0.2, -0.15) is 0 Å². The third-order valence-electron chi connectivity index (χ3n) is 4.14. The largest absolute Gasteiger partial charge is 0.501 e.